The molecule has 2 saturated heterocycles. The van der Waals surface area contributed by atoms with Crippen LogP contribution in [0.2, 0.25) is 0 Å². The summed E-state index contributed by atoms with van der Waals surface area (Å²) in [6, 6.07) is 1.97. The third-order valence-electron chi connectivity index (χ3n) is 9.10. The van der Waals surface area contributed by atoms with Crippen molar-refractivity contribution in [3.8, 4) is 0 Å². The number of hydrogen-bond donors (Lipinski definition) is 0. The monoisotopic (exact) mass is 467 g/mol. The van der Waals surface area contributed by atoms with Crippen molar-refractivity contribution in [3.05, 3.63) is 34.0 Å². The first kappa shape index (κ1) is 23.8. The van der Waals surface area contributed by atoms with Crippen LogP contribution in [-0.4, -0.2) is 45.2 Å². The van der Waals surface area contributed by atoms with E-state index in [9.17, 15) is 9.59 Å². The number of carbonyl (C=O) groups is 1. The van der Waals surface area contributed by atoms with Crippen LogP contribution in [-0.2, 0) is 16.0 Å². The molecule has 4 fully saturated rings. The lowest BCUT2D eigenvalue weighted by atomic mass is 9.68. The van der Waals surface area contributed by atoms with E-state index in [4.69, 9.17) is 4.74 Å². The minimum Gasteiger partial charge on any atom is -0.466 e. The van der Waals surface area contributed by atoms with Gasteiger partial charge in [-0.05, 0) is 76.7 Å². The Balaban J connectivity index is 1.42. The summed E-state index contributed by atoms with van der Waals surface area (Å²) >= 11 is 0. The molecule has 4 atom stereocenters. The minimum absolute atomic E-state index is 0.0680. The van der Waals surface area contributed by atoms with Crippen molar-refractivity contribution in [3.63, 3.8) is 0 Å². The molecule has 0 N–H and O–H groups in total. The number of aromatic nitrogens is 2. The molecule has 6 nitrogen and oxygen atoms in total. The van der Waals surface area contributed by atoms with Gasteiger partial charge < -0.3 is 9.30 Å². The summed E-state index contributed by atoms with van der Waals surface area (Å²) in [6.45, 7) is 8.00. The topological polar surface area (TPSA) is 64.4 Å². The molecule has 3 heterocycles. The van der Waals surface area contributed by atoms with Gasteiger partial charge in [0.25, 0.3) is 5.56 Å². The Bertz CT molecular complexity index is 960. The van der Waals surface area contributed by atoms with Crippen molar-refractivity contribution < 1.29 is 9.53 Å². The standard InChI is InChI=1S/C28H41N3O3/c1-4-26-18(3)29-25(17-27(32)34-5-2)28(33)31(26)24-15-21-10-7-11-22(16-24)30(21)23-13-19-8-6-9-20(12-19)14-23/h4,19-24H,1,5-17H2,2-3H3. The van der Waals surface area contributed by atoms with E-state index < -0.39 is 0 Å². The molecular formula is C28H41N3O3. The molecule has 0 amide bonds. The second kappa shape index (κ2) is 9.96. The molecule has 34 heavy (non-hydrogen) atoms. The highest BCUT2D eigenvalue weighted by Gasteiger charge is 2.45. The van der Waals surface area contributed by atoms with Gasteiger partial charge in [0.1, 0.15) is 5.69 Å². The van der Waals surface area contributed by atoms with E-state index >= 15 is 0 Å². The fraction of sp³-hybridized carbons (Fsp3) is 0.750. The molecule has 6 heteroatoms. The van der Waals surface area contributed by atoms with E-state index in [1.807, 2.05) is 11.5 Å². The molecule has 1 aromatic heterocycles. The predicted molar refractivity (Wildman–Crippen MR) is 134 cm³/mol. The van der Waals surface area contributed by atoms with Gasteiger partial charge in [0.15, 0.2) is 0 Å². The highest BCUT2D eigenvalue weighted by molar-refractivity contribution is 5.71. The molecule has 2 aliphatic carbocycles. The summed E-state index contributed by atoms with van der Waals surface area (Å²) in [4.78, 5) is 33.2. The maximum absolute atomic E-state index is 13.6. The highest BCUT2D eigenvalue weighted by Crippen LogP contribution is 2.47. The van der Waals surface area contributed by atoms with Crippen LogP contribution in [0.4, 0.5) is 0 Å². The number of esters is 1. The Morgan fingerprint density at radius 3 is 2.26 bits per heavy atom. The van der Waals surface area contributed by atoms with E-state index in [2.05, 4.69) is 16.5 Å². The van der Waals surface area contributed by atoms with Gasteiger partial charge in [-0.1, -0.05) is 32.3 Å². The van der Waals surface area contributed by atoms with Crippen molar-refractivity contribution in [1.82, 2.24) is 14.5 Å². The second-order valence-corrected chi connectivity index (χ2v) is 11.2. The summed E-state index contributed by atoms with van der Waals surface area (Å²) in [5.41, 5.74) is 1.73. The molecule has 4 unspecified atom stereocenters. The molecule has 186 valence electrons. The van der Waals surface area contributed by atoms with Crippen molar-refractivity contribution in [2.24, 2.45) is 11.8 Å². The van der Waals surface area contributed by atoms with Crippen LogP contribution < -0.4 is 5.56 Å². The Labute approximate surface area is 203 Å². The van der Waals surface area contributed by atoms with Gasteiger partial charge in [-0.3, -0.25) is 14.5 Å². The lowest BCUT2D eigenvalue weighted by Crippen LogP contribution is -2.58. The van der Waals surface area contributed by atoms with E-state index in [-0.39, 0.29) is 24.0 Å². The number of nitrogens with zero attached hydrogens (tertiary/aromatic N) is 3. The van der Waals surface area contributed by atoms with Crippen LogP contribution in [0, 0.1) is 18.8 Å². The number of hydrogen-bond acceptors (Lipinski definition) is 5. The van der Waals surface area contributed by atoms with Crippen molar-refractivity contribution in [2.45, 2.75) is 115 Å². The maximum Gasteiger partial charge on any atom is 0.312 e. The molecular weight excluding hydrogens is 426 g/mol. The Morgan fingerprint density at radius 2 is 1.65 bits per heavy atom. The number of piperidine rings is 2. The second-order valence-electron chi connectivity index (χ2n) is 11.2. The third-order valence-corrected chi connectivity index (χ3v) is 9.10. The van der Waals surface area contributed by atoms with E-state index in [0.29, 0.717) is 24.4 Å². The SMILES string of the molecule is C=Cc1c(C)nc(CC(=O)OCC)c(=O)n1C1CC2CCCC(C1)N2C1CC2CCCC(C2)C1. The van der Waals surface area contributed by atoms with Crippen molar-refractivity contribution in [2.75, 3.05) is 6.61 Å². The van der Waals surface area contributed by atoms with Gasteiger partial charge in [0, 0.05) is 24.2 Å². The summed E-state index contributed by atoms with van der Waals surface area (Å²) in [5, 5.41) is 0. The number of aryl methyl sites for hydroxylation is 1. The zero-order valence-electron chi connectivity index (χ0n) is 21.0. The largest absolute Gasteiger partial charge is 0.466 e. The molecule has 5 rings (SSSR count). The van der Waals surface area contributed by atoms with Crippen LogP contribution in [0.5, 0.6) is 0 Å². The highest BCUT2D eigenvalue weighted by atomic mass is 16.5. The zero-order valence-corrected chi connectivity index (χ0v) is 21.0. The number of rotatable bonds is 6. The average molecular weight is 468 g/mol. The fourth-order valence-electron chi connectivity index (χ4n) is 7.94. The summed E-state index contributed by atoms with van der Waals surface area (Å²) < 4.78 is 7.03. The van der Waals surface area contributed by atoms with Crippen LogP contribution >= 0.6 is 0 Å². The first-order chi connectivity index (χ1) is 16.5. The number of fused-ring (bicyclic) bond motifs is 4. The van der Waals surface area contributed by atoms with Gasteiger partial charge >= 0.3 is 5.97 Å². The predicted octanol–water partition coefficient (Wildman–Crippen LogP) is 4.83. The van der Waals surface area contributed by atoms with Crippen LogP contribution in [0.3, 0.4) is 0 Å². The summed E-state index contributed by atoms with van der Waals surface area (Å²) in [5.74, 6) is 1.47. The van der Waals surface area contributed by atoms with Crippen molar-refractivity contribution >= 4 is 12.0 Å². The van der Waals surface area contributed by atoms with Crippen LogP contribution in [0.1, 0.15) is 101 Å². The quantitative estimate of drug-likeness (QED) is 0.561. The van der Waals surface area contributed by atoms with Gasteiger partial charge in [0.05, 0.1) is 24.4 Å². The van der Waals surface area contributed by atoms with E-state index in [1.165, 1.54) is 57.8 Å². The van der Waals surface area contributed by atoms with Crippen LogP contribution in [0.25, 0.3) is 6.08 Å². The molecule has 1 aromatic rings. The van der Waals surface area contributed by atoms with Gasteiger partial charge in [-0.15, -0.1) is 0 Å². The van der Waals surface area contributed by atoms with Gasteiger partial charge in [0.2, 0.25) is 0 Å². The molecule has 0 radical (unpaired) electrons. The lowest BCUT2D eigenvalue weighted by Gasteiger charge is -2.55. The normalized spacial score (nSPS) is 33.4. The summed E-state index contributed by atoms with van der Waals surface area (Å²) in [6.07, 6.45) is 16.0. The Kier molecular flexibility index (Phi) is 6.97. The fourth-order valence-corrected chi connectivity index (χ4v) is 7.94. The molecule has 2 aliphatic heterocycles. The number of carbonyl (C=O) groups excluding carboxylic acids is 1. The Morgan fingerprint density at radius 1 is 1.00 bits per heavy atom. The smallest absolute Gasteiger partial charge is 0.312 e. The molecule has 0 aromatic carbocycles. The molecule has 0 spiro atoms. The van der Waals surface area contributed by atoms with E-state index in [0.717, 1.165) is 42.1 Å². The molecule has 4 bridgehead atoms. The van der Waals surface area contributed by atoms with Crippen LogP contribution in [0.15, 0.2) is 11.4 Å². The lowest BCUT2D eigenvalue weighted by molar-refractivity contribution is -0.142. The molecule has 2 saturated carbocycles. The average Bonchev–Trinajstić information content (AvgIpc) is 2.80. The number of ether oxygens (including phenoxy) is 1. The van der Waals surface area contributed by atoms with Gasteiger partial charge in [-0.25, -0.2) is 4.98 Å². The maximum atomic E-state index is 13.6. The first-order valence-electron chi connectivity index (χ1n) is 13.7. The Hall–Kier alpha value is -1.95. The minimum atomic E-state index is -0.390. The molecule has 4 aliphatic rings. The first-order valence-corrected chi connectivity index (χ1v) is 13.7. The van der Waals surface area contributed by atoms with Gasteiger partial charge in [-0.2, -0.15) is 0 Å². The third kappa shape index (κ3) is 4.50. The van der Waals surface area contributed by atoms with Crippen molar-refractivity contribution in [1.29, 1.82) is 0 Å². The zero-order chi connectivity index (χ0) is 23.8. The van der Waals surface area contributed by atoms with E-state index in [1.54, 1.807) is 13.0 Å². The summed E-state index contributed by atoms with van der Waals surface area (Å²) in [7, 11) is 0.